The first-order valence-electron chi connectivity index (χ1n) is 4.54. The van der Waals surface area contributed by atoms with Crippen molar-refractivity contribution in [3.63, 3.8) is 0 Å². The SMILES string of the molecule is COCC(=O)COCCC(C)(C)C. The van der Waals surface area contributed by atoms with Gasteiger partial charge in [-0.25, -0.2) is 0 Å². The minimum absolute atomic E-state index is 0.00332. The van der Waals surface area contributed by atoms with E-state index >= 15 is 0 Å². The molecule has 0 spiro atoms. The third kappa shape index (κ3) is 9.50. The highest BCUT2D eigenvalue weighted by atomic mass is 16.5. The lowest BCUT2D eigenvalue weighted by Gasteiger charge is -2.17. The fourth-order valence-corrected chi connectivity index (χ4v) is 0.767. The van der Waals surface area contributed by atoms with Gasteiger partial charge in [0, 0.05) is 13.7 Å². The predicted molar refractivity (Wildman–Crippen MR) is 51.8 cm³/mol. The Kier molecular flexibility index (Phi) is 5.91. The molecule has 0 rings (SSSR count). The highest BCUT2D eigenvalue weighted by molar-refractivity contribution is 5.80. The van der Waals surface area contributed by atoms with Crippen LogP contribution in [0.3, 0.4) is 0 Å². The highest BCUT2D eigenvalue weighted by Crippen LogP contribution is 2.17. The van der Waals surface area contributed by atoms with E-state index in [1.165, 1.54) is 7.11 Å². The van der Waals surface area contributed by atoms with E-state index in [0.29, 0.717) is 6.61 Å². The zero-order valence-electron chi connectivity index (χ0n) is 9.05. The van der Waals surface area contributed by atoms with Crippen LogP contribution < -0.4 is 0 Å². The van der Waals surface area contributed by atoms with Crippen LogP contribution >= 0.6 is 0 Å². The van der Waals surface area contributed by atoms with E-state index in [1.807, 2.05) is 0 Å². The Balaban J connectivity index is 3.31. The van der Waals surface area contributed by atoms with Gasteiger partial charge >= 0.3 is 0 Å². The predicted octanol–water partition coefficient (Wildman–Crippen LogP) is 1.65. The monoisotopic (exact) mass is 188 g/mol. The van der Waals surface area contributed by atoms with Crippen LogP contribution in [0.5, 0.6) is 0 Å². The number of hydrogen-bond donors (Lipinski definition) is 0. The Bertz CT molecular complexity index is 147. The lowest BCUT2D eigenvalue weighted by Crippen LogP contribution is -2.17. The zero-order chi connectivity index (χ0) is 10.3. The third-order valence-electron chi connectivity index (χ3n) is 1.56. The number of hydrogen-bond acceptors (Lipinski definition) is 3. The zero-order valence-corrected chi connectivity index (χ0v) is 9.05. The molecule has 78 valence electrons. The molecule has 13 heavy (non-hydrogen) atoms. The van der Waals surface area contributed by atoms with Gasteiger partial charge in [0.1, 0.15) is 13.2 Å². The number of methoxy groups -OCH3 is 1. The van der Waals surface area contributed by atoms with Crippen molar-refractivity contribution in [3.05, 3.63) is 0 Å². The number of carbonyl (C=O) groups is 1. The Labute approximate surface area is 80.4 Å². The number of carbonyl (C=O) groups excluding carboxylic acids is 1. The van der Waals surface area contributed by atoms with Gasteiger partial charge in [-0.15, -0.1) is 0 Å². The average molecular weight is 188 g/mol. The second-order valence-electron chi connectivity index (χ2n) is 4.33. The molecule has 0 amide bonds. The fourth-order valence-electron chi connectivity index (χ4n) is 0.767. The fraction of sp³-hybridized carbons (Fsp3) is 0.900. The third-order valence-corrected chi connectivity index (χ3v) is 1.56. The lowest BCUT2D eigenvalue weighted by molar-refractivity contribution is -0.127. The van der Waals surface area contributed by atoms with E-state index in [4.69, 9.17) is 4.74 Å². The van der Waals surface area contributed by atoms with Crippen LogP contribution in [0.4, 0.5) is 0 Å². The average Bonchev–Trinajstić information content (AvgIpc) is 1.97. The molecule has 0 radical (unpaired) electrons. The molecule has 0 saturated heterocycles. The van der Waals surface area contributed by atoms with E-state index in [-0.39, 0.29) is 24.4 Å². The first-order valence-corrected chi connectivity index (χ1v) is 4.54. The maximum absolute atomic E-state index is 10.9. The second kappa shape index (κ2) is 6.11. The molecule has 0 bridgehead atoms. The minimum Gasteiger partial charge on any atom is -0.377 e. The van der Waals surface area contributed by atoms with Crippen molar-refractivity contribution < 1.29 is 14.3 Å². The molecule has 0 aromatic carbocycles. The van der Waals surface area contributed by atoms with Crippen LogP contribution in [0.15, 0.2) is 0 Å². The summed E-state index contributed by atoms with van der Waals surface area (Å²) in [5.74, 6) is -0.00332. The molecule has 0 unspecified atom stereocenters. The Hall–Kier alpha value is -0.410. The maximum Gasteiger partial charge on any atom is 0.183 e. The van der Waals surface area contributed by atoms with Gasteiger partial charge in [0.15, 0.2) is 5.78 Å². The minimum atomic E-state index is -0.00332. The van der Waals surface area contributed by atoms with Crippen LogP contribution in [0.25, 0.3) is 0 Å². The summed E-state index contributed by atoms with van der Waals surface area (Å²) in [6, 6.07) is 0. The van der Waals surface area contributed by atoms with E-state index in [2.05, 4.69) is 25.5 Å². The smallest absolute Gasteiger partial charge is 0.183 e. The molecule has 0 aromatic rings. The lowest BCUT2D eigenvalue weighted by atomic mass is 9.93. The van der Waals surface area contributed by atoms with Crippen LogP contribution in [-0.2, 0) is 14.3 Å². The van der Waals surface area contributed by atoms with Crippen molar-refractivity contribution in [2.24, 2.45) is 5.41 Å². The highest BCUT2D eigenvalue weighted by Gasteiger charge is 2.09. The van der Waals surface area contributed by atoms with E-state index in [9.17, 15) is 4.79 Å². The van der Waals surface area contributed by atoms with Gasteiger partial charge in [-0.2, -0.15) is 0 Å². The van der Waals surface area contributed by atoms with Gasteiger partial charge in [0.25, 0.3) is 0 Å². The van der Waals surface area contributed by atoms with Crippen LogP contribution in [-0.4, -0.2) is 32.7 Å². The van der Waals surface area contributed by atoms with E-state index in [1.54, 1.807) is 0 Å². The van der Waals surface area contributed by atoms with E-state index in [0.717, 1.165) is 6.42 Å². The van der Waals surface area contributed by atoms with Crippen LogP contribution in [0, 0.1) is 5.41 Å². The second-order valence-corrected chi connectivity index (χ2v) is 4.33. The molecule has 0 saturated carbocycles. The van der Waals surface area contributed by atoms with Crippen molar-refractivity contribution in [2.75, 3.05) is 26.9 Å². The Morgan fingerprint density at radius 1 is 1.23 bits per heavy atom. The van der Waals surface area contributed by atoms with Gasteiger partial charge in [-0.3, -0.25) is 4.79 Å². The topological polar surface area (TPSA) is 35.5 Å². The molecular formula is C10H20O3. The number of ketones is 1. The molecule has 0 aliphatic carbocycles. The molecule has 3 heteroatoms. The van der Waals surface area contributed by atoms with Crippen molar-refractivity contribution >= 4 is 5.78 Å². The normalized spacial score (nSPS) is 11.7. The van der Waals surface area contributed by atoms with Crippen molar-refractivity contribution in [1.82, 2.24) is 0 Å². The molecular weight excluding hydrogens is 168 g/mol. The number of Topliss-reactive ketones (excluding diaryl/α,β-unsaturated/α-hetero) is 1. The van der Waals surface area contributed by atoms with Crippen molar-refractivity contribution in [3.8, 4) is 0 Å². The quantitative estimate of drug-likeness (QED) is 0.595. The molecule has 0 heterocycles. The first-order chi connectivity index (χ1) is 5.95. The van der Waals surface area contributed by atoms with E-state index < -0.39 is 0 Å². The van der Waals surface area contributed by atoms with Crippen molar-refractivity contribution in [2.45, 2.75) is 27.2 Å². The summed E-state index contributed by atoms with van der Waals surface area (Å²) in [5, 5.41) is 0. The summed E-state index contributed by atoms with van der Waals surface area (Å²) in [7, 11) is 1.51. The summed E-state index contributed by atoms with van der Waals surface area (Å²) in [5.41, 5.74) is 0.268. The Morgan fingerprint density at radius 3 is 2.31 bits per heavy atom. The molecule has 0 N–H and O–H groups in total. The molecule has 0 aliphatic heterocycles. The van der Waals surface area contributed by atoms with Crippen LogP contribution in [0.2, 0.25) is 0 Å². The Morgan fingerprint density at radius 2 is 1.85 bits per heavy atom. The summed E-state index contributed by atoms with van der Waals surface area (Å²) in [6.07, 6.45) is 0.966. The summed E-state index contributed by atoms with van der Waals surface area (Å²) in [4.78, 5) is 10.9. The maximum atomic E-state index is 10.9. The standard InChI is InChI=1S/C10H20O3/c1-10(2,3)5-6-13-8-9(11)7-12-4/h5-8H2,1-4H3. The molecule has 0 fully saturated rings. The van der Waals surface area contributed by atoms with Crippen LogP contribution in [0.1, 0.15) is 27.2 Å². The largest absolute Gasteiger partial charge is 0.377 e. The molecule has 0 atom stereocenters. The van der Waals surface area contributed by atoms with Gasteiger partial charge in [-0.1, -0.05) is 20.8 Å². The molecule has 0 aromatic heterocycles. The number of rotatable bonds is 6. The summed E-state index contributed by atoms with van der Waals surface area (Å²) in [6.45, 7) is 7.40. The summed E-state index contributed by atoms with van der Waals surface area (Å²) >= 11 is 0. The van der Waals surface area contributed by atoms with Gasteiger partial charge < -0.3 is 9.47 Å². The molecule has 0 aliphatic rings. The van der Waals surface area contributed by atoms with Crippen molar-refractivity contribution in [1.29, 1.82) is 0 Å². The van der Waals surface area contributed by atoms with Gasteiger partial charge in [0.2, 0.25) is 0 Å². The van der Waals surface area contributed by atoms with Gasteiger partial charge in [0.05, 0.1) is 0 Å². The molecule has 3 nitrogen and oxygen atoms in total. The summed E-state index contributed by atoms with van der Waals surface area (Å²) < 4.78 is 9.87. The first kappa shape index (κ1) is 12.6. The van der Waals surface area contributed by atoms with Gasteiger partial charge in [-0.05, 0) is 11.8 Å². The number of ether oxygens (including phenoxy) is 2.